The summed E-state index contributed by atoms with van der Waals surface area (Å²) in [5, 5.41) is 10.2. The van der Waals surface area contributed by atoms with Crippen molar-refractivity contribution in [2.75, 3.05) is 37.0 Å². The predicted octanol–water partition coefficient (Wildman–Crippen LogP) is 2.18. The molecule has 0 radical (unpaired) electrons. The third kappa shape index (κ3) is 4.16. The van der Waals surface area contributed by atoms with Gasteiger partial charge in [-0.2, -0.15) is 5.10 Å². The second-order valence-electron chi connectivity index (χ2n) is 6.64. The monoisotopic (exact) mass is 357 g/mol. The zero-order chi connectivity index (χ0) is 18.5. The van der Waals surface area contributed by atoms with Crippen LogP contribution in [0.15, 0.2) is 30.3 Å². The van der Waals surface area contributed by atoms with Gasteiger partial charge in [-0.1, -0.05) is 18.2 Å². The number of nitrogens with one attached hydrogen (secondary N) is 2. The van der Waals surface area contributed by atoms with Gasteiger partial charge in [0, 0.05) is 51.5 Å². The van der Waals surface area contributed by atoms with Crippen molar-refractivity contribution in [3.05, 3.63) is 41.6 Å². The van der Waals surface area contributed by atoms with Crippen LogP contribution >= 0.6 is 0 Å². The molecule has 0 fully saturated rings. The molecular weight excluding hydrogens is 330 g/mol. The molecule has 26 heavy (non-hydrogen) atoms. The number of anilines is 2. The second-order valence-corrected chi connectivity index (χ2v) is 6.64. The van der Waals surface area contributed by atoms with Crippen LogP contribution in [0.25, 0.3) is 0 Å². The minimum atomic E-state index is -0.216. The molecule has 1 aliphatic heterocycles. The molecule has 2 heterocycles. The number of benzene rings is 1. The first kappa shape index (κ1) is 18.3. The Hall–Kier alpha value is -2.54. The largest absolute Gasteiger partial charge is 0.384 e. The summed E-state index contributed by atoms with van der Waals surface area (Å²) in [6.07, 6.45) is 1.78. The van der Waals surface area contributed by atoms with Crippen molar-refractivity contribution in [3.63, 3.8) is 0 Å². The van der Waals surface area contributed by atoms with Gasteiger partial charge in [-0.3, -0.25) is 10.00 Å². The Morgan fingerprint density at radius 1 is 1.38 bits per heavy atom. The van der Waals surface area contributed by atoms with Gasteiger partial charge in [0.05, 0.1) is 12.3 Å². The van der Waals surface area contributed by atoms with E-state index in [4.69, 9.17) is 4.74 Å². The van der Waals surface area contributed by atoms with Crippen LogP contribution < -0.4 is 15.5 Å². The lowest BCUT2D eigenvalue weighted by atomic mass is 10.1. The van der Waals surface area contributed by atoms with Gasteiger partial charge in [-0.25, -0.2) is 4.79 Å². The van der Waals surface area contributed by atoms with Crippen LogP contribution in [0.1, 0.15) is 18.2 Å². The normalized spacial score (nSPS) is 15.8. The van der Waals surface area contributed by atoms with Crippen LogP contribution in [0.3, 0.4) is 0 Å². The molecule has 1 aromatic heterocycles. The molecule has 2 amide bonds. The molecule has 0 aliphatic carbocycles. The fourth-order valence-electron chi connectivity index (χ4n) is 3.39. The van der Waals surface area contributed by atoms with Crippen LogP contribution in [0.4, 0.5) is 16.3 Å². The number of rotatable bonds is 7. The number of hydrogen-bond donors (Lipinski definition) is 2. The molecule has 140 valence electrons. The standard InChI is InChI=1S/C19H27N5O2/c1-14-12-15-6-4-5-7-17(15)24(14)10-9-20-19(25)21-18-13-16(8-11-26-3)22-23(18)2/h4-7,13-14H,8-12H2,1-3H3,(H2,20,21,25). The van der Waals surface area contributed by atoms with Gasteiger partial charge in [0.2, 0.25) is 0 Å². The van der Waals surface area contributed by atoms with Crippen molar-refractivity contribution < 1.29 is 9.53 Å². The molecule has 0 spiro atoms. The van der Waals surface area contributed by atoms with Crippen molar-refractivity contribution in [1.29, 1.82) is 0 Å². The number of aromatic nitrogens is 2. The van der Waals surface area contributed by atoms with Crippen molar-refractivity contribution in [2.24, 2.45) is 7.05 Å². The summed E-state index contributed by atoms with van der Waals surface area (Å²) in [4.78, 5) is 14.5. The van der Waals surface area contributed by atoms with E-state index in [-0.39, 0.29) is 6.03 Å². The van der Waals surface area contributed by atoms with Gasteiger partial charge >= 0.3 is 6.03 Å². The number of aryl methyl sites for hydroxylation is 1. The van der Waals surface area contributed by atoms with Crippen LogP contribution in [0, 0.1) is 0 Å². The molecule has 1 aliphatic rings. The molecule has 1 atom stereocenters. The zero-order valence-corrected chi connectivity index (χ0v) is 15.7. The summed E-state index contributed by atoms with van der Waals surface area (Å²) < 4.78 is 6.73. The Balaban J connectivity index is 1.48. The summed E-state index contributed by atoms with van der Waals surface area (Å²) in [6, 6.07) is 10.6. The van der Waals surface area contributed by atoms with Gasteiger partial charge < -0.3 is 15.0 Å². The number of hydrogen-bond acceptors (Lipinski definition) is 4. The number of nitrogens with zero attached hydrogens (tertiary/aromatic N) is 3. The smallest absolute Gasteiger partial charge is 0.320 e. The fraction of sp³-hybridized carbons (Fsp3) is 0.474. The van der Waals surface area contributed by atoms with Gasteiger partial charge in [0.1, 0.15) is 5.82 Å². The first-order valence-electron chi connectivity index (χ1n) is 8.99. The maximum absolute atomic E-state index is 12.2. The van der Waals surface area contributed by atoms with Crippen molar-refractivity contribution in [2.45, 2.75) is 25.8 Å². The zero-order valence-electron chi connectivity index (χ0n) is 15.7. The Labute approximate surface area is 154 Å². The Bertz CT molecular complexity index is 758. The molecule has 2 N–H and O–H groups in total. The maximum Gasteiger partial charge on any atom is 0.320 e. The van der Waals surface area contributed by atoms with E-state index in [0.717, 1.165) is 25.1 Å². The number of methoxy groups -OCH3 is 1. The van der Waals surface area contributed by atoms with Crippen molar-refractivity contribution in [1.82, 2.24) is 15.1 Å². The van der Waals surface area contributed by atoms with E-state index in [1.54, 1.807) is 11.8 Å². The summed E-state index contributed by atoms with van der Waals surface area (Å²) >= 11 is 0. The Morgan fingerprint density at radius 3 is 3.00 bits per heavy atom. The topological polar surface area (TPSA) is 71.4 Å². The van der Waals surface area contributed by atoms with Crippen LogP contribution in [0.2, 0.25) is 0 Å². The van der Waals surface area contributed by atoms with Crippen LogP contribution in [-0.4, -0.2) is 48.7 Å². The molecular formula is C19H27N5O2. The third-order valence-corrected chi connectivity index (χ3v) is 4.72. The van der Waals surface area contributed by atoms with E-state index in [0.29, 0.717) is 25.0 Å². The van der Waals surface area contributed by atoms with Crippen LogP contribution in [0.5, 0.6) is 0 Å². The molecule has 0 saturated heterocycles. The quantitative estimate of drug-likeness (QED) is 0.797. The molecule has 2 aromatic rings. The van der Waals surface area contributed by atoms with Gasteiger partial charge in [-0.05, 0) is 25.0 Å². The summed E-state index contributed by atoms with van der Waals surface area (Å²) in [5.74, 6) is 0.675. The number of para-hydroxylation sites is 1. The highest BCUT2D eigenvalue weighted by atomic mass is 16.5. The first-order chi connectivity index (χ1) is 12.6. The van der Waals surface area contributed by atoms with Crippen LogP contribution in [-0.2, 0) is 24.6 Å². The van der Waals surface area contributed by atoms with E-state index in [9.17, 15) is 4.79 Å². The second kappa shape index (κ2) is 8.23. The maximum atomic E-state index is 12.2. The average molecular weight is 357 g/mol. The molecule has 0 bridgehead atoms. The highest BCUT2D eigenvalue weighted by Crippen LogP contribution is 2.31. The van der Waals surface area contributed by atoms with Crippen molar-refractivity contribution in [3.8, 4) is 0 Å². The summed E-state index contributed by atoms with van der Waals surface area (Å²) in [5.41, 5.74) is 3.55. The Morgan fingerprint density at radius 2 is 2.19 bits per heavy atom. The minimum Gasteiger partial charge on any atom is -0.384 e. The van der Waals surface area contributed by atoms with E-state index in [2.05, 4.69) is 51.8 Å². The van der Waals surface area contributed by atoms with E-state index in [1.807, 2.05) is 13.1 Å². The molecule has 3 rings (SSSR count). The SMILES string of the molecule is COCCc1cc(NC(=O)NCCN2c3ccccc3CC2C)n(C)n1. The average Bonchev–Trinajstić information content (AvgIpc) is 3.13. The lowest BCUT2D eigenvalue weighted by Gasteiger charge is -2.25. The number of carbonyl (C=O) groups excluding carboxylic acids is 1. The van der Waals surface area contributed by atoms with Gasteiger partial charge in [0.25, 0.3) is 0 Å². The fourth-order valence-corrected chi connectivity index (χ4v) is 3.39. The number of fused-ring (bicyclic) bond motifs is 1. The molecule has 0 saturated carbocycles. The molecule has 1 unspecified atom stereocenters. The first-order valence-corrected chi connectivity index (χ1v) is 8.99. The number of urea groups is 1. The lowest BCUT2D eigenvalue weighted by molar-refractivity contribution is 0.201. The van der Waals surface area contributed by atoms with E-state index in [1.165, 1.54) is 11.3 Å². The number of carbonyl (C=O) groups is 1. The lowest BCUT2D eigenvalue weighted by Crippen LogP contribution is -2.39. The van der Waals surface area contributed by atoms with Gasteiger partial charge in [0.15, 0.2) is 0 Å². The Kier molecular flexibility index (Phi) is 5.78. The van der Waals surface area contributed by atoms with Crippen molar-refractivity contribution >= 4 is 17.5 Å². The summed E-state index contributed by atoms with van der Waals surface area (Å²) in [7, 11) is 3.48. The summed E-state index contributed by atoms with van der Waals surface area (Å²) in [6.45, 7) is 4.20. The molecule has 7 heteroatoms. The number of amides is 2. The van der Waals surface area contributed by atoms with E-state index >= 15 is 0 Å². The molecule has 1 aromatic carbocycles. The third-order valence-electron chi connectivity index (χ3n) is 4.72. The predicted molar refractivity (Wildman–Crippen MR) is 103 cm³/mol. The highest BCUT2D eigenvalue weighted by molar-refractivity contribution is 5.88. The highest BCUT2D eigenvalue weighted by Gasteiger charge is 2.24. The van der Waals surface area contributed by atoms with Gasteiger partial charge in [-0.15, -0.1) is 0 Å². The minimum absolute atomic E-state index is 0.216. The van der Waals surface area contributed by atoms with E-state index < -0.39 is 0 Å². The number of ether oxygens (including phenoxy) is 1. The molecule has 7 nitrogen and oxygen atoms in total.